The van der Waals surface area contributed by atoms with Crippen molar-refractivity contribution >= 4 is 23.8 Å². The summed E-state index contributed by atoms with van der Waals surface area (Å²) in [6.45, 7) is 4.17. The molecule has 1 aromatic rings. The second-order valence-electron chi connectivity index (χ2n) is 9.24. The number of amides is 4. The second kappa shape index (κ2) is 14.9. The molecule has 2 atom stereocenters. The highest BCUT2D eigenvalue weighted by Crippen LogP contribution is 2.23. The second-order valence-corrected chi connectivity index (χ2v) is 9.24. The zero-order valence-electron chi connectivity index (χ0n) is 22.1. The maximum absolute atomic E-state index is 13.4. The van der Waals surface area contributed by atoms with Crippen LogP contribution >= 0.6 is 0 Å². The van der Waals surface area contributed by atoms with Crippen LogP contribution in [0.5, 0.6) is 0 Å². The van der Waals surface area contributed by atoms with Gasteiger partial charge in [-0.15, -0.1) is 6.42 Å². The Morgan fingerprint density at radius 2 is 1.86 bits per heavy atom. The fraction of sp³-hybridized carbons (Fsp3) is 0.556. The van der Waals surface area contributed by atoms with Crippen molar-refractivity contribution in [2.24, 2.45) is 0 Å². The van der Waals surface area contributed by atoms with Gasteiger partial charge in [-0.25, -0.2) is 9.80 Å². The van der Waals surface area contributed by atoms with Crippen LogP contribution in [0.25, 0.3) is 0 Å². The number of aliphatic carboxylic acids is 1. The highest BCUT2D eigenvalue weighted by Gasteiger charge is 2.45. The summed E-state index contributed by atoms with van der Waals surface area (Å²) in [5, 5.41) is 15.1. The van der Waals surface area contributed by atoms with Crippen molar-refractivity contribution in [2.45, 2.75) is 71.1 Å². The molecule has 2 rings (SSSR count). The standard InChI is InChI=1S/C27H39N5O5/c1-5-7-8-9-13-17-29(4)26(36)23(18-25(34)35)31-21(3)32(30(16-6-2)20-24(31)33)27(37)28-19-22-14-11-10-12-15-22/h2,10-12,14-15,21,23H,5,7-9,13,16-20H2,1,3-4H3,(H,28,37)(H,34,35)/t21-,23-/m0/s1. The fourth-order valence-corrected chi connectivity index (χ4v) is 4.49. The summed E-state index contributed by atoms with van der Waals surface area (Å²) in [5.41, 5.74) is 0.886. The number of urea groups is 1. The molecule has 1 aliphatic heterocycles. The number of unbranched alkanes of at least 4 members (excludes halogenated alkanes) is 4. The molecule has 0 aromatic heterocycles. The minimum atomic E-state index is -1.25. The maximum atomic E-state index is 13.4. The number of nitrogens with zero attached hydrogens (tertiary/aromatic N) is 4. The van der Waals surface area contributed by atoms with Crippen molar-refractivity contribution in [1.82, 2.24) is 25.1 Å². The molecule has 10 heteroatoms. The van der Waals surface area contributed by atoms with Gasteiger partial charge >= 0.3 is 12.0 Å². The summed E-state index contributed by atoms with van der Waals surface area (Å²) in [7, 11) is 1.62. The lowest BCUT2D eigenvalue weighted by Gasteiger charge is -2.49. The number of hydrogen-bond donors (Lipinski definition) is 2. The largest absolute Gasteiger partial charge is 0.481 e. The Kier molecular flexibility index (Phi) is 11.9. The highest BCUT2D eigenvalue weighted by atomic mass is 16.4. The Balaban J connectivity index is 2.23. The van der Waals surface area contributed by atoms with Gasteiger partial charge in [0.05, 0.1) is 19.5 Å². The lowest BCUT2D eigenvalue weighted by atomic mass is 10.1. The van der Waals surface area contributed by atoms with Crippen LogP contribution in [0.3, 0.4) is 0 Å². The monoisotopic (exact) mass is 513 g/mol. The van der Waals surface area contributed by atoms with E-state index in [-0.39, 0.29) is 19.6 Å². The van der Waals surface area contributed by atoms with Crippen LogP contribution in [0, 0.1) is 12.3 Å². The molecule has 1 aromatic carbocycles. The molecule has 0 radical (unpaired) electrons. The molecule has 0 spiro atoms. The summed E-state index contributed by atoms with van der Waals surface area (Å²) in [6.07, 6.45) is 9.03. The van der Waals surface area contributed by atoms with E-state index in [4.69, 9.17) is 6.42 Å². The summed E-state index contributed by atoms with van der Waals surface area (Å²) in [4.78, 5) is 54.3. The van der Waals surface area contributed by atoms with Crippen molar-refractivity contribution < 1.29 is 24.3 Å². The third-order valence-corrected chi connectivity index (χ3v) is 6.40. The summed E-state index contributed by atoms with van der Waals surface area (Å²) >= 11 is 0. The summed E-state index contributed by atoms with van der Waals surface area (Å²) < 4.78 is 0. The average Bonchev–Trinajstić information content (AvgIpc) is 2.86. The van der Waals surface area contributed by atoms with Crippen molar-refractivity contribution in [3.63, 3.8) is 0 Å². The number of rotatable bonds is 13. The molecule has 1 fully saturated rings. The first kappa shape index (κ1) is 29.6. The van der Waals surface area contributed by atoms with E-state index in [1.807, 2.05) is 30.3 Å². The Bertz CT molecular complexity index is 964. The third-order valence-electron chi connectivity index (χ3n) is 6.40. The van der Waals surface area contributed by atoms with Gasteiger partial charge in [-0.2, -0.15) is 5.01 Å². The number of carboxylic acid groups (broad SMARTS) is 1. The number of likely N-dealkylation sites (N-methyl/N-ethyl adjacent to an activating group) is 1. The van der Waals surface area contributed by atoms with Gasteiger partial charge in [-0.3, -0.25) is 14.4 Å². The van der Waals surface area contributed by atoms with E-state index < -0.39 is 42.4 Å². The molecule has 10 nitrogen and oxygen atoms in total. The molecule has 2 N–H and O–H groups in total. The van der Waals surface area contributed by atoms with E-state index in [0.717, 1.165) is 37.7 Å². The van der Waals surface area contributed by atoms with Crippen LogP contribution in [0.1, 0.15) is 57.9 Å². The number of carbonyl (C=O) groups is 4. The van der Waals surface area contributed by atoms with Crippen LogP contribution in [0.4, 0.5) is 4.79 Å². The van der Waals surface area contributed by atoms with Crippen LogP contribution < -0.4 is 5.32 Å². The van der Waals surface area contributed by atoms with Crippen molar-refractivity contribution in [3.8, 4) is 12.3 Å². The van der Waals surface area contributed by atoms with Gasteiger partial charge in [0.15, 0.2) is 0 Å². The maximum Gasteiger partial charge on any atom is 0.334 e. The minimum Gasteiger partial charge on any atom is -0.481 e. The Hall–Kier alpha value is -3.58. The van der Waals surface area contributed by atoms with Gasteiger partial charge in [0.2, 0.25) is 11.8 Å². The molecule has 1 heterocycles. The molecular formula is C27H39N5O5. The van der Waals surface area contributed by atoms with E-state index in [1.165, 1.54) is 19.8 Å². The first-order valence-electron chi connectivity index (χ1n) is 12.8. The third kappa shape index (κ3) is 8.50. The van der Waals surface area contributed by atoms with Gasteiger partial charge in [-0.05, 0) is 18.9 Å². The van der Waals surface area contributed by atoms with Crippen LogP contribution in [0.2, 0.25) is 0 Å². The molecule has 202 valence electrons. The normalized spacial score (nSPS) is 16.7. The topological polar surface area (TPSA) is 114 Å². The lowest BCUT2D eigenvalue weighted by molar-refractivity contribution is -0.175. The number of benzene rings is 1. The van der Waals surface area contributed by atoms with E-state index in [1.54, 1.807) is 14.0 Å². The van der Waals surface area contributed by atoms with Crippen LogP contribution in [0.15, 0.2) is 30.3 Å². The molecule has 37 heavy (non-hydrogen) atoms. The van der Waals surface area contributed by atoms with E-state index in [2.05, 4.69) is 18.2 Å². The van der Waals surface area contributed by atoms with E-state index >= 15 is 0 Å². The summed E-state index contributed by atoms with van der Waals surface area (Å²) in [5.74, 6) is 0.317. The summed E-state index contributed by atoms with van der Waals surface area (Å²) in [6, 6.07) is 7.57. The van der Waals surface area contributed by atoms with Gasteiger partial charge in [0.1, 0.15) is 12.2 Å². The number of hydrogen-bond acceptors (Lipinski definition) is 5. The number of hydrazine groups is 1. The van der Waals surface area contributed by atoms with Gasteiger partial charge in [0, 0.05) is 20.1 Å². The molecule has 1 saturated heterocycles. The highest BCUT2D eigenvalue weighted by molar-refractivity contribution is 5.92. The molecule has 0 bridgehead atoms. The average molecular weight is 514 g/mol. The number of carboxylic acids is 1. The zero-order valence-corrected chi connectivity index (χ0v) is 22.1. The van der Waals surface area contributed by atoms with Crippen molar-refractivity contribution in [1.29, 1.82) is 0 Å². The Morgan fingerprint density at radius 1 is 1.19 bits per heavy atom. The predicted octanol–water partition coefficient (Wildman–Crippen LogP) is 2.51. The van der Waals surface area contributed by atoms with Gasteiger partial charge in [0.25, 0.3) is 0 Å². The zero-order chi connectivity index (χ0) is 27.4. The lowest BCUT2D eigenvalue weighted by Crippen LogP contribution is -2.70. The minimum absolute atomic E-state index is 0.00210. The van der Waals surface area contributed by atoms with E-state index in [9.17, 15) is 24.3 Å². The number of carbonyl (C=O) groups excluding carboxylic acids is 3. The van der Waals surface area contributed by atoms with Gasteiger partial charge in [-0.1, -0.05) is 68.9 Å². The SMILES string of the molecule is C#CCN1CC(=O)N([C@@H](CC(=O)O)C(=O)N(C)CCCCCCC)[C@H](C)N1C(=O)NCc1ccccc1. The van der Waals surface area contributed by atoms with Crippen molar-refractivity contribution in [3.05, 3.63) is 35.9 Å². The Morgan fingerprint density at radius 3 is 2.49 bits per heavy atom. The van der Waals surface area contributed by atoms with Gasteiger partial charge < -0.3 is 20.2 Å². The molecule has 0 saturated carbocycles. The number of terminal acetylenes is 1. The molecule has 0 unspecified atom stereocenters. The van der Waals surface area contributed by atoms with Crippen molar-refractivity contribution in [2.75, 3.05) is 26.7 Å². The predicted molar refractivity (Wildman–Crippen MR) is 140 cm³/mol. The molecule has 4 amide bonds. The quantitative estimate of drug-likeness (QED) is 0.310. The number of nitrogens with one attached hydrogen (secondary N) is 1. The van der Waals surface area contributed by atoms with Crippen LogP contribution in [-0.4, -0.2) is 87.6 Å². The molecular weight excluding hydrogens is 474 g/mol. The molecule has 1 aliphatic rings. The van der Waals surface area contributed by atoms with E-state index in [0.29, 0.717) is 6.54 Å². The smallest absolute Gasteiger partial charge is 0.334 e. The first-order valence-corrected chi connectivity index (χ1v) is 12.8. The fourth-order valence-electron chi connectivity index (χ4n) is 4.49. The first-order chi connectivity index (χ1) is 17.7. The van der Waals surface area contributed by atoms with Crippen LogP contribution in [-0.2, 0) is 20.9 Å². The molecule has 0 aliphatic carbocycles. The Labute approximate surface area is 219 Å².